The van der Waals surface area contributed by atoms with Crippen LogP contribution in [-0.4, -0.2) is 29.3 Å². The van der Waals surface area contributed by atoms with Gasteiger partial charge in [-0.2, -0.15) is 0 Å². The Morgan fingerprint density at radius 1 is 1.50 bits per heavy atom. The second kappa shape index (κ2) is 5.40. The van der Waals surface area contributed by atoms with Crippen LogP contribution in [0.5, 0.6) is 5.75 Å². The van der Waals surface area contributed by atoms with Gasteiger partial charge in [0.1, 0.15) is 5.75 Å². The van der Waals surface area contributed by atoms with Crippen LogP contribution in [-0.2, 0) is 4.79 Å². The fraction of sp³-hybridized carbons (Fsp3) is 0.500. The second-order valence-corrected chi connectivity index (χ2v) is 4.91. The number of hydrogen-bond acceptors (Lipinski definition) is 3. The molecule has 2 N–H and O–H groups in total. The number of aryl methyl sites for hydroxylation is 1. The molecule has 1 fully saturated rings. The number of carbonyl (C=O) groups is 1. The van der Waals surface area contributed by atoms with Crippen molar-refractivity contribution in [2.45, 2.75) is 44.9 Å². The summed E-state index contributed by atoms with van der Waals surface area (Å²) in [5.41, 5.74) is 1.10. The van der Waals surface area contributed by atoms with Gasteiger partial charge in [-0.25, -0.2) is 0 Å². The van der Waals surface area contributed by atoms with E-state index in [1.54, 1.807) is 6.92 Å². The molecule has 1 amide bonds. The zero-order valence-corrected chi connectivity index (χ0v) is 10.7. The van der Waals surface area contributed by atoms with Crippen LogP contribution in [0.2, 0.25) is 0 Å². The van der Waals surface area contributed by atoms with Gasteiger partial charge in [0.2, 0.25) is 0 Å². The van der Waals surface area contributed by atoms with Gasteiger partial charge in [0.15, 0.2) is 6.10 Å². The highest BCUT2D eigenvalue weighted by Crippen LogP contribution is 2.20. The first-order valence-electron chi connectivity index (χ1n) is 6.26. The molecule has 1 aromatic carbocycles. The van der Waals surface area contributed by atoms with Gasteiger partial charge in [-0.3, -0.25) is 4.79 Å². The molecule has 98 valence electrons. The molecule has 0 radical (unpaired) electrons. The summed E-state index contributed by atoms with van der Waals surface area (Å²) in [6, 6.07) is 7.71. The molecule has 4 nitrogen and oxygen atoms in total. The van der Waals surface area contributed by atoms with Crippen LogP contribution in [0.15, 0.2) is 24.3 Å². The predicted octanol–water partition coefficient (Wildman–Crippen LogP) is 1.40. The van der Waals surface area contributed by atoms with Crippen molar-refractivity contribution in [3.63, 3.8) is 0 Å². The van der Waals surface area contributed by atoms with E-state index in [-0.39, 0.29) is 18.1 Å². The highest BCUT2D eigenvalue weighted by molar-refractivity contribution is 5.81. The number of rotatable bonds is 4. The summed E-state index contributed by atoms with van der Waals surface area (Å²) in [4.78, 5) is 11.8. The zero-order chi connectivity index (χ0) is 13.1. The number of ether oxygens (including phenoxy) is 1. The average Bonchev–Trinajstić information content (AvgIpc) is 2.26. The maximum absolute atomic E-state index is 11.8. The Hall–Kier alpha value is -1.55. The van der Waals surface area contributed by atoms with Crippen LogP contribution < -0.4 is 10.1 Å². The van der Waals surface area contributed by atoms with Gasteiger partial charge in [-0.1, -0.05) is 12.1 Å². The van der Waals surface area contributed by atoms with Gasteiger partial charge in [0.25, 0.3) is 5.91 Å². The van der Waals surface area contributed by atoms with Crippen LogP contribution in [0.3, 0.4) is 0 Å². The molecule has 1 aliphatic rings. The minimum atomic E-state index is -0.524. The molecule has 1 aromatic rings. The maximum atomic E-state index is 11.8. The smallest absolute Gasteiger partial charge is 0.260 e. The van der Waals surface area contributed by atoms with Gasteiger partial charge in [0.05, 0.1) is 6.10 Å². The standard InChI is InChI=1S/C14H19NO3/c1-9-4-3-5-13(6-9)18-10(2)14(17)15-11-7-12(16)8-11/h3-6,10-12,16H,7-8H2,1-2H3,(H,15,17). The minimum absolute atomic E-state index is 0.0936. The number of amides is 1. The Morgan fingerprint density at radius 2 is 2.22 bits per heavy atom. The molecule has 0 heterocycles. The zero-order valence-electron chi connectivity index (χ0n) is 10.7. The van der Waals surface area contributed by atoms with Gasteiger partial charge in [-0.05, 0) is 44.4 Å². The molecule has 18 heavy (non-hydrogen) atoms. The van der Waals surface area contributed by atoms with Gasteiger partial charge >= 0.3 is 0 Å². The van der Waals surface area contributed by atoms with E-state index in [9.17, 15) is 4.79 Å². The molecule has 1 atom stereocenters. The van der Waals surface area contributed by atoms with E-state index in [1.165, 1.54) is 0 Å². The number of benzene rings is 1. The highest BCUT2D eigenvalue weighted by atomic mass is 16.5. The molecule has 0 saturated heterocycles. The third-order valence-electron chi connectivity index (χ3n) is 3.13. The average molecular weight is 249 g/mol. The fourth-order valence-electron chi connectivity index (χ4n) is 1.97. The van der Waals surface area contributed by atoms with E-state index in [4.69, 9.17) is 9.84 Å². The van der Waals surface area contributed by atoms with E-state index in [1.807, 2.05) is 31.2 Å². The SMILES string of the molecule is Cc1cccc(OC(C)C(=O)NC2CC(O)C2)c1. The Bertz CT molecular complexity index is 427. The molecular weight excluding hydrogens is 230 g/mol. The van der Waals surface area contributed by atoms with Crippen molar-refractivity contribution < 1.29 is 14.6 Å². The summed E-state index contributed by atoms with van der Waals surface area (Å²) in [6.45, 7) is 3.71. The third kappa shape index (κ3) is 3.23. The molecular formula is C14H19NO3. The van der Waals surface area contributed by atoms with Crippen molar-refractivity contribution in [3.8, 4) is 5.75 Å². The summed E-state index contributed by atoms with van der Waals surface area (Å²) < 4.78 is 5.58. The molecule has 0 aliphatic heterocycles. The number of nitrogens with one attached hydrogen (secondary N) is 1. The normalized spacial score (nSPS) is 23.9. The molecule has 2 rings (SSSR count). The summed E-state index contributed by atoms with van der Waals surface area (Å²) >= 11 is 0. The molecule has 1 unspecified atom stereocenters. The van der Waals surface area contributed by atoms with Crippen LogP contribution >= 0.6 is 0 Å². The van der Waals surface area contributed by atoms with E-state index in [0.717, 1.165) is 5.56 Å². The quantitative estimate of drug-likeness (QED) is 0.848. The van der Waals surface area contributed by atoms with Crippen LogP contribution in [0.25, 0.3) is 0 Å². The summed E-state index contributed by atoms with van der Waals surface area (Å²) in [7, 11) is 0. The maximum Gasteiger partial charge on any atom is 0.260 e. The lowest BCUT2D eigenvalue weighted by Gasteiger charge is -2.32. The number of hydrogen-bond donors (Lipinski definition) is 2. The lowest BCUT2D eigenvalue weighted by atomic mass is 9.89. The Morgan fingerprint density at radius 3 is 2.83 bits per heavy atom. The van der Waals surface area contributed by atoms with Crippen LogP contribution in [0.4, 0.5) is 0 Å². The monoisotopic (exact) mass is 249 g/mol. The van der Waals surface area contributed by atoms with Crippen molar-refractivity contribution in [2.24, 2.45) is 0 Å². The number of aliphatic hydroxyl groups excluding tert-OH is 1. The van der Waals surface area contributed by atoms with Crippen molar-refractivity contribution >= 4 is 5.91 Å². The van der Waals surface area contributed by atoms with Crippen molar-refractivity contribution in [1.29, 1.82) is 0 Å². The summed E-state index contributed by atoms with van der Waals surface area (Å²) in [5.74, 6) is 0.569. The largest absolute Gasteiger partial charge is 0.481 e. The van der Waals surface area contributed by atoms with Crippen LogP contribution in [0.1, 0.15) is 25.3 Å². The van der Waals surface area contributed by atoms with Gasteiger partial charge in [-0.15, -0.1) is 0 Å². The third-order valence-corrected chi connectivity index (χ3v) is 3.13. The minimum Gasteiger partial charge on any atom is -0.481 e. The highest BCUT2D eigenvalue weighted by Gasteiger charge is 2.29. The lowest BCUT2D eigenvalue weighted by molar-refractivity contribution is -0.129. The van der Waals surface area contributed by atoms with Crippen molar-refractivity contribution in [2.75, 3.05) is 0 Å². The second-order valence-electron chi connectivity index (χ2n) is 4.91. The first-order valence-corrected chi connectivity index (χ1v) is 6.26. The molecule has 4 heteroatoms. The van der Waals surface area contributed by atoms with E-state index >= 15 is 0 Å². The molecule has 0 aromatic heterocycles. The molecule has 1 saturated carbocycles. The van der Waals surface area contributed by atoms with E-state index < -0.39 is 6.10 Å². The Labute approximate surface area is 107 Å². The topological polar surface area (TPSA) is 58.6 Å². The summed E-state index contributed by atoms with van der Waals surface area (Å²) in [5, 5.41) is 12.0. The van der Waals surface area contributed by atoms with Gasteiger partial charge in [0, 0.05) is 6.04 Å². The van der Waals surface area contributed by atoms with Crippen LogP contribution in [0, 0.1) is 6.92 Å². The molecule has 1 aliphatic carbocycles. The molecule has 0 bridgehead atoms. The molecule has 0 spiro atoms. The number of carbonyl (C=O) groups excluding carboxylic acids is 1. The van der Waals surface area contributed by atoms with E-state index in [0.29, 0.717) is 18.6 Å². The first kappa shape index (κ1) is 12.9. The fourth-order valence-corrected chi connectivity index (χ4v) is 1.97. The number of aliphatic hydroxyl groups is 1. The van der Waals surface area contributed by atoms with Crippen molar-refractivity contribution in [3.05, 3.63) is 29.8 Å². The predicted molar refractivity (Wildman–Crippen MR) is 68.4 cm³/mol. The Balaban J connectivity index is 1.83. The summed E-state index contributed by atoms with van der Waals surface area (Å²) in [6.07, 6.45) is 0.499. The first-order chi connectivity index (χ1) is 8.54. The van der Waals surface area contributed by atoms with E-state index in [2.05, 4.69) is 5.32 Å². The van der Waals surface area contributed by atoms with Gasteiger partial charge < -0.3 is 15.2 Å². The lowest BCUT2D eigenvalue weighted by Crippen LogP contribution is -2.50. The van der Waals surface area contributed by atoms with Crippen molar-refractivity contribution in [1.82, 2.24) is 5.32 Å². The Kier molecular flexibility index (Phi) is 3.87.